The fraction of sp³-hybridized carbons (Fsp3) is 0.724. The van der Waals surface area contributed by atoms with Crippen LogP contribution in [0.3, 0.4) is 0 Å². The van der Waals surface area contributed by atoms with Crippen LogP contribution in [0.4, 0.5) is 0 Å². The first-order valence-electron chi connectivity index (χ1n) is 10.4. The van der Waals surface area contributed by atoms with Gasteiger partial charge < -0.3 is 0 Å². The van der Waals surface area contributed by atoms with Gasteiger partial charge >= 0.3 is 0 Å². The summed E-state index contributed by atoms with van der Waals surface area (Å²) in [6, 6.07) is 10.6. The van der Waals surface area contributed by atoms with Gasteiger partial charge in [0.25, 0.3) is 0 Å². The third-order valence-corrected chi connectivity index (χ3v) is 3.93. The molecule has 1 fully saturated rings. The molecule has 0 heteroatoms. The summed E-state index contributed by atoms with van der Waals surface area (Å²) in [5.41, 5.74) is 2.85. The molecule has 0 spiro atoms. The van der Waals surface area contributed by atoms with Crippen molar-refractivity contribution in [2.45, 2.75) is 117 Å². The highest BCUT2D eigenvalue weighted by atomic mass is 14.3. The van der Waals surface area contributed by atoms with Crippen LogP contribution in [0.2, 0.25) is 0 Å². The van der Waals surface area contributed by atoms with Gasteiger partial charge in [0.2, 0.25) is 0 Å². The molecule has 0 unspecified atom stereocenters. The molecule has 2 rings (SSSR count). The van der Waals surface area contributed by atoms with Gasteiger partial charge in [-0.25, -0.2) is 0 Å². The Kier molecular flexibility index (Phi) is 19.2. The molecular formula is C29H58. The minimum Gasteiger partial charge on any atom is -0.103 e. The lowest BCUT2D eigenvalue weighted by atomic mass is 9.88. The number of rotatable bonds is 3. The zero-order valence-corrected chi connectivity index (χ0v) is 19.3. The monoisotopic (exact) mass is 406 g/mol. The molecule has 0 bridgehead atoms. The van der Waals surface area contributed by atoms with E-state index < -0.39 is 0 Å². The average Bonchev–Trinajstić information content (AvgIpc) is 3.19. The molecule has 1 aliphatic carbocycles. The minimum atomic E-state index is 0. The van der Waals surface area contributed by atoms with Crippen molar-refractivity contribution in [2.24, 2.45) is 22.2 Å². The van der Waals surface area contributed by atoms with Crippen molar-refractivity contribution in [3.63, 3.8) is 0 Å². The highest BCUT2D eigenvalue weighted by Gasteiger charge is 2.26. The predicted molar refractivity (Wildman–Crippen MR) is 141 cm³/mol. The van der Waals surface area contributed by atoms with E-state index in [1.807, 2.05) is 6.08 Å². The molecule has 1 aromatic carbocycles. The Morgan fingerprint density at radius 3 is 1.41 bits per heavy atom. The molecule has 0 N–H and O–H groups in total. The van der Waals surface area contributed by atoms with Gasteiger partial charge in [-0.2, -0.15) is 0 Å². The SMILES string of the molecule is C.C.C.C=CCC(C)(C)C.CC(C)(C)CC1CC1.CC(C)(C)Cc1ccccc1. The van der Waals surface area contributed by atoms with Gasteiger partial charge in [-0.05, 0) is 47.0 Å². The van der Waals surface area contributed by atoms with Crippen LogP contribution in [-0.2, 0) is 6.42 Å². The number of hydrogen-bond donors (Lipinski definition) is 0. The van der Waals surface area contributed by atoms with Crippen molar-refractivity contribution >= 4 is 0 Å². The van der Waals surface area contributed by atoms with Crippen LogP contribution >= 0.6 is 0 Å². The van der Waals surface area contributed by atoms with E-state index in [0.717, 1.165) is 18.8 Å². The standard InChI is InChI=1S/C11H16.C8H16.C7H14.3CH4/c1-11(2,3)9-10-7-5-4-6-8-10;1-8(2,3)6-7-4-5-7;1-5-6-7(2,3)4;;;/h4-8H,9H2,1-3H3;7H,4-6H2,1-3H3;5H,1,6H2,2-4H3;3*1H4. The first kappa shape index (κ1) is 35.4. The Morgan fingerprint density at radius 1 is 0.759 bits per heavy atom. The topological polar surface area (TPSA) is 0 Å². The van der Waals surface area contributed by atoms with E-state index in [1.165, 1.54) is 24.8 Å². The normalized spacial score (nSPS) is 13.0. The summed E-state index contributed by atoms with van der Waals surface area (Å²) in [4.78, 5) is 0. The smallest absolute Gasteiger partial charge is 0.0230 e. The zero-order valence-electron chi connectivity index (χ0n) is 19.3. The van der Waals surface area contributed by atoms with Crippen LogP contribution in [-0.4, -0.2) is 0 Å². The van der Waals surface area contributed by atoms with Crippen LogP contribution in [0.5, 0.6) is 0 Å². The molecule has 0 atom stereocenters. The summed E-state index contributed by atoms with van der Waals surface area (Å²) >= 11 is 0. The number of allylic oxidation sites excluding steroid dienone is 1. The highest BCUT2D eigenvalue weighted by Crippen LogP contribution is 2.39. The van der Waals surface area contributed by atoms with Gasteiger partial charge in [0.15, 0.2) is 0 Å². The van der Waals surface area contributed by atoms with Crippen molar-refractivity contribution in [2.75, 3.05) is 0 Å². The molecule has 29 heavy (non-hydrogen) atoms. The van der Waals surface area contributed by atoms with E-state index in [1.54, 1.807) is 0 Å². The Morgan fingerprint density at radius 2 is 1.21 bits per heavy atom. The maximum absolute atomic E-state index is 3.65. The summed E-state index contributed by atoms with van der Waals surface area (Å²) in [6.45, 7) is 24.0. The average molecular weight is 407 g/mol. The van der Waals surface area contributed by atoms with Crippen LogP contribution in [0.15, 0.2) is 43.0 Å². The first-order valence-corrected chi connectivity index (χ1v) is 10.4. The maximum Gasteiger partial charge on any atom is -0.0230 e. The van der Waals surface area contributed by atoms with Gasteiger partial charge in [-0.15, -0.1) is 6.58 Å². The van der Waals surface area contributed by atoms with Gasteiger partial charge in [0.05, 0.1) is 0 Å². The third-order valence-electron chi connectivity index (χ3n) is 3.93. The third kappa shape index (κ3) is 29.3. The molecule has 0 radical (unpaired) electrons. The number of hydrogen-bond acceptors (Lipinski definition) is 0. The summed E-state index contributed by atoms with van der Waals surface area (Å²) in [5, 5.41) is 0. The fourth-order valence-corrected chi connectivity index (χ4v) is 2.83. The van der Waals surface area contributed by atoms with E-state index >= 15 is 0 Å². The van der Waals surface area contributed by atoms with Crippen molar-refractivity contribution in [3.05, 3.63) is 48.6 Å². The van der Waals surface area contributed by atoms with E-state index in [0.29, 0.717) is 16.2 Å². The summed E-state index contributed by atoms with van der Waals surface area (Å²) in [6.07, 6.45) is 8.66. The summed E-state index contributed by atoms with van der Waals surface area (Å²) in [5.74, 6) is 1.09. The van der Waals surface area contributed by atoms with Crippen LogP contribution in [0, 0.1) is 22.2 Å². The van der Waals surface area contributed by atoms with Gasteiger partial charge in [0.1, 0.15) is 0 Å². The minimum absolute atomic E-state index is 0. The molecular weight excluding hydrogens is 348 g/mol. The van der Waals surface area contributed by atoms with E-state index in [4.69, 9.17) is 0 Å². The van der Waals surface area contributed by atoms with Crippen LogP contribution in [0.1, 0.15) is 116 Å². The Bertz CT molecular complexity index is 470. The predicted octanol–water partition coefficient (Wildman–Crippen LogP) is 10.6. The molecule has 1 aliphatic rings. The van der Waals surface area contributed by atoms with Crippen molar-refractivity contribution in [3.8, 4) is 0 Å². The van der Waals surface area contributed by atoms with Gasteiger partial charge in [-0.1, -0.05) is 134 Å². The quantitative estimate of drug-likeness (QED) is 0.438. The highest BCUT2D eigenvalue weighted by molar-refractivity contribution is 5.15. The van der Waals surface area contributed by atoms with Gasteiger partial charge in [0, 0.05) is 0 Å². The van der Waals surface area contributed by atoms with Crippen LogP contribution in [0.25, 0.3) is 0 Å². The Balaban J connectivity index is -0.000000158. The van der Waals surface area contributed by atoms with Crippen molar-refractivity contribution in [1.82, 2.24) is 0 Å². The molecule has 0 aliphatic heterocycles. The molecule has 1 aromatic rings. The van der Waals surface area contributed by atoms with Crippen LogP contribution < -0.4 is 0 Å². The molecule has 174 valence electrons. The fourth-order valence-electron chi connectivity index (χ4n) is 2.83. The lowest BCUT2D eigenvalue weighted by molar-refractivity contribution is 0.354. The molecule has 0 aromatic heterocycles. The molecule has 1 saturated carbocycles. The molecule has 0 amide bonds. The van der Waals surface area contributed by atoms with Gasteiger partial charge in [-0.3, -0.25) is 0 Å². The van der Waals surface area contributed by atoms with Crippen molar-refractivity contribution < 1.29 is 0 Å². The van der Waals surface area contributed by atoms with E-state index in [-0.39, 0.29) is 22.3 Å². The molecule has 0 heterocycles. The van der Waals surface area contributed by atoms with Crippen molar-refractivity contribution in [1.29, 1.82) is 0 Å². The maximum atomic E-state index is 3.65. The Hall–Kier alpha value is -1.04. The largest absolute Gasteiger partial charge is 0.103 e. The second kappa shape index (κ2) is 15.8. The van der Waals surface area contributed by atoms with E-state index in [2.05, 4.69) is 99.2 Å². The second-order valence-corrected chi connectivity index (χ2v) is 11.5. The molecule has 0 saturated heterocycles. The van der Waals surface area contributed by atoms with E-state index in [9.17, 15) is 0 Å². The second-order valence-electron chi connectivity index (χ2n) is 11.5. The summed E-state index contributed by atoms with van der Waals surface area (Å²) < 4.78 is 0. The zero-order chi connectivity index (χ0) is 20.4. The molecule has 0 nitrogen and oxygen atoms in total. The summed E-state index contributed by atoms with van der Waals surface area (Å²) in [7, 11) is 0. The Labute approximate surface area is 187 Å². The number of benzene rings is 1. The first-order chi connectivity index (χ1) is 11.7. The lowest BCUT2D eigenvalue weighted by Gasteiger charge is -2.17. The lowest BCUT2D eigenvalue weighted by Crippen LogP contribution is -2.08.